The zero-order chi connectivity index (χ0) is 17.1. The zero-order valence-electron chi connectivity index (χ0n) is 14.5. The van der Waals surface area contributed by atoms with Gasteiger partial charge in [0.25, 0.3) is 0 Å². The predicted molar refractivity (Wildman–Crippen MR) is 97.4 cm³/mol. The summed E-state index contributed by atoms with van der Waals surface area (Å²) < 4.78 is 5.48. The number of piperidine rings is 1. The Balaban J connectivity index is 1.27. The number of rotatable bonds is 5. The third-order valence-electron chi connectivity index (χ3n) is 5.62. The van der Waals surface area contributed by atoms with Crippen LogP contribution in [0.3, 0.4) is 0 Å². The lowest BCUT2D eigenvalue weighted by Crippen LogP contribution is -2.38. The van der Waals surface area contributed by atoms with E-state index in [1.165, 1.54) is 25.7 Å². The van der Waals surface area contributed by atoms with Crippen molar-refractivity contribution in [1.82, 2.24) is 15.0 Å². The molecule has 134 valence electrons. The number of thiophene rings is 1. The van der Waals surface area contributed by atoms with Gasteiger partial charge in [0.1, 0.15) is 0 Å². The van der Waals surface area contributed by atoms with Crippen molar-refractivity contribution in [2.75, 3.05) is 13.1 Å². The molecular weight excluding hydrogens is 334 g/mol. The Morgan fingerprint density at radius 1 is 1.24 bits per heavy atom. The summed E-state index contributed by atoms with van der Waals surface area (Å²) in [6.45, 7) is 1.62. The lowest BCUT2D eigenvalue weighted by Gasteiger charge is -2.30. The van der Waals surface area contributed by atoms with E-state index >= 15 is 0 Å². The molecule has 0 N–H and O–H groups in total. The van der Waals surface area contributed by atoms with Crippen molar-refractivity contribution in [3.63, 3.8) is 0 Å². The molecule has 1 amide bonds. The second-order valence-corrected chi connectivity index (χ2v) is 8.23. The molecule has 2 aromatic rings. The number of carbonyl (C=O) groups excluding carboxylic acids is 1. The Hall–Kier alpha value is -1.69. The van der Waals surface area contributed by atoms with Gasteiger partial charge in [-0.3, -0.25) is 4.79 Å². The van der Waals surface area contributed by atoms with Crippen LogP contribution in [0.1, 0.15) is 63.2 Å². The van der Waals surface area contributed by atoms with E-state index < -0.39 is 0 Å². The minimum absolute atomic E-state index is 0.278. The summed E-state index contributed by atoms with van der Waals surface area (Å²) in [5, 5.41) is 6.12. The molecule has 2 aliphatic rings. The summed E-state index contributed by atoms with van der Waals surface area (Å²) in [6.07, 6.45) is 8.97. The van der Waals surface area contributed by atoms with Gasteiger partial charge in [-0.05, 0) is 36.6 Å². The highest BCUT2D eigenvalue weighted by Gasteiger charge is 2.28. The highest BCUT2D eigenvalue weighted by Crippen LogP contribution is 2.31. The molecule has 0 spiro atoms. The molecule has 1 aliphatic heterocycles. The van der Waals surface area contributed by atoms with Crippen LogP contribution in [0.15, 0.2) is 22.0 Å². The Morgan fingerprint density at radius 3 is 2.76 bits per heavy atom. The quantitative estimate of drug-likeness (QED) is 0.790. The van der Waals surface area contributed by atoms with Crippen LogP contribution in [0.2, 0.25) is 0 Å². The van der Waals surface area contributed by atoms with Crippen LogP contribution in [-0.2, 0) is 4.79 Å². The second kappa shape index (κ2) is 7.68. The summed E-state index contributed by atoms with van der Waals surface area (Å²) in [4.78, 5) is 20.1. The highest BCUT2D eigenvalue weighted by atomic mass is 32.1. The summed E-state index contributed by atoms with van der Waals surface area (Å²) in [5.41, 5.74) is 0. The third-order valence-corrected chi connectivity index (χ3v) is 6.49. The Morgan fingerprint density at radius 2 is 2.04 bits per heavy atom. The lowest BCUT2D eigenvalue weighted by molar-refractivity contribution is -0.132. The average Bonchev–Trinajstić information content (AvgIpc) is 3.42. The van der Waals surface area contributed by atoms with Crippen molar-refractivity contribution >= 4 is 17.2 Å². The predicted octanol–water partition coefficient (Wildman–Crippen LogP) is 4.47. The maximum Gasteiger partial charge on any atom is 0.230 e. The molecule has 6 heteroatoms. The summed E-state index contributed by atoms with van der Waals surface area (Å²) in [5.74, 6) is 2.80. The molecular formula is C19H25N3O2S. The SMILES string of the molecule is O=C(CCC1CCCC1)N1CCC(c2nc(-c3cccs3)no2)CC1. The molecule has 5 nitrogen and oxygen atoms in total. The fraction of sp³-hybridized carbons (Fsp3) is 0.632. The fourth-order valence-electron chi connectivity index (χ4n) is 4.07. The van der Waals surface area contributed by atoms with Gasteiger partial charge in [-0.15, -0.1) is 11.3 Å². The Kier molecular flexibility index (Phi) is 5.15. The van der Waals surface area contributed by atoms with Gasteiger partial charge in [-0.25, -0.2) is 0 Å². The van der Waals surface area contributed by atoms with Crippen molar-refractivity contribution in [3.05, 3.63) is 23.4 Å². The van der Waals surface area contributed by atoms with Crippen LogP contribution in [0.25, 0.3) is 10.7 Å². The first kappa shape index (κ1) is 16.8. The molecule has 25 heavy (non-hydrogen) atoms. The molecule has 2 aromatic heterocycles. The average molecular weight is 359 g/mol. The van der Waals surface area contributed by atoms with E-state index in [4.69, 9.17) is 4.52 Å². The lowest BCUT2D eigenvalue weighted by atomic mass is 9.95. The number of aromatic nitrogens is 2. The van der Waals surface area contributed by atoms with Gasteiger partial charge in [-0.1, -0.05) is 36.9 Å². The van der Waals surface area contributed by atoms with E-state index in [-0.39, 0.29) is 5.92 Å². The number of likely N-dealkylation sites (tertiary alicyclic amines) is 1. The minimum atomic E-state index is 0.278. The smallest absolute Gasteiger partial charge is 0.230 e. The van der Waals surface area contributed by atoms with Crippen molar-refractivity contribution in [2.24, 2.45) is 5.92 Å². The van der Waals surface area contributed by atoms with E-state index in [1.54, 1.807) is 11.3 Å². The van der Waals surface area contributed by atoms with Gasteiger partial charge in [-0.2, -0.15) is 4.98 Å². The third kappa shape index (κ3) is 3.94. The summed E-state index contributed by atoms with van der Waals surface area (Å²) in [6, 6.07) is 4.00. The van der Waals surface area contributed by atoms with Crippen LogP contribution >= 0.6 is 11.3 Å². The molecule has 2 fully saturated rings. The van der Waals surface area contributed by atoms with Gasteiger partial charge >= 0.3 is 0 Å². The molecule has 1 saturated carbocycles. The summed E-state index contributed by atoms with van der Waals surface area (Å²) >= 11 is 1.62. The van der Waals surface area contributed by atoms with Crippen LogP contribution in [-0.4, -0.2) is 34.0 Å². The molecule has 0 radical (unpaired) electrons. The largest absolute Gasteiger partial charge is 0.343 e. The molecule has 1 aliphatic carbocycles. The van der Waals surface area contributed by atoms with Crippen molar-refractivity contribution in [3.8, 4) is 10.7 Å². The van der Waals surface area contributed by atoms with E-state index in [9.17, 15) is 4.79 Å². The topological polar surface area (TPSA) is 59.2 Å². The molecule has 4 rings (SSSR count). The monoisotopic (exact) mass is 359 g/mol. The van der Waals surface area contributed by atoms with Gasteiger partial charge in [0, 0.05) is 25.4 Å². The number of carbonyl (C=O) groups is 1. The van der Waals surface area contributed by atoms with E-state index in [0.717, 1.165) is 55.5 Å². The minimum Gasteiger partial charge on any atom is -0.343 e. The number of nitrogens with zero attached hydrogens (tertiary/aromatic N) is 3. The maximum absolute atomic E-state index is 12.4. The Labute approximate surface area is 152 Å². The first-order valence-corrected chi connectivity index (χ1v) is 10.3. The van der Waals surface area contributed by atoms with Crippen LogP contribution in [0.5, 0.6) is 0 Å². The van der Waals surface area contributed by atoms with Crippen LogP contribution in [0, 0.1) is 5.92 Å². The van der Waals surface area contributed by atoms with Crippen molar-refractivity contribution in [1.29, 1.82) is 0 Å². The standard InChI is InChI=1S/C19H25N3O2S/c23-17(8-7-14-4-1-2-5-14)22-11-9-15(10-12-22)19-20-18(21-24-19)16-6-3-13-25-16/h3,6,13-15H,1-2,4-5,7-12H2. The van der Waals surface area contributed by atoms with Crippen molar-refractivity contribution < 1.29 is 9.32 Å². The van der Waals surface area contributed by atoms with Crippen molar-refractivity contribution in [2.45, 2.75) is 57.3 Å². The number of hydrogen-bond donors (Lipinski definition) is 0. The van der Waals surface area contributed by atoms with Gasteiger partial charge in [0.15, 0.2) is 0 Å². The first-order valence-electron chi connectivity index (χ1n) is 9.45. The van der Waals surface area contributed by atoms with Gasteiger partial charge in [0.05, 0.1) is 4.88 Å². The molecule has 3 heterocycles. The van der Waals surface area contributed by atoms with Crippen LogP contribution in [0.4, 0.5) is 0 Å². The molecule has 0 aromatic carbocycles. The van der Waals surface area contributed by atoms with Gasteiger partial charge < -0.3 is 9.42 Å². The number of hydrogen-bond acceptors (Lipinski definition) is 5. The second-order valence-electron chi connectivity index (χ2n) is 7.28. The molecule has 0 bridgehead atoms. The van der Waals surface area contributed by atoms with E-state index in [1.807, 2.05) is 22.4 Å². The first-order chi connectivity index (χ1) is 12.3. The Bertz CT molecular complexity index is 683. The molecule has 0 unspecified atom stereocenters. The van der Waals surface area contributed by atoms with E-state index in [2.05, 4.69) is 10.1 Å². The van der Waals surface area contributed by atoms with Gasteiger partial charge in [0.2, 0.25) is 17.6 Å². The number of amides is 1. The maximum atomic E-state index is 12.4. The van der Waals surface area contributed by atoms with Crippen LogP contribution < -0.4 is 0 Å². The normalized spacial score (nSPS) is 19.6. The fourth-order valence-corrected chi connectivity index (χ4v) is 4.72. The van der Waals surface area contributed by atoms with E-state index in [0.29, 0.717) is 11.7 Å². The molecule has 1 saturated heterocycles. The zero-order valence-corrected chi connectivity index (χ0v) is 15.3. The molecule has 0 atom stereocenters. The highest BCUT2D eigenvalue weighted by molar-refractivity contribution is 7.13. The summed E-state index contributed by atoms with van der Waals surface area (Å²) in [7, 11) is 0.